The van der Waals surface area contributed by atoms with Gasteiger partial charge in [0.05, 0.1) is 18.6 Å². The Bertz CT molecular complexity index is 284. The molecule has 18 heavy (non-hydrogen) atoms. The van der Waals surface area contributed by atoms with Crippen molar-refractivity contribution in [2.45, 2.75) is 37.5 Å². The fourth-order valence-electron chi connectivity index (χ4n) is 2.04. The van der Waals surface area contributed by atoms with Crippen molar-refractivity contribution in [1.29, 1.82) is 0 Å². The quantitative estimate of drug-likeness (QED) is 0.791. The minimum absolute atomic E-state index is 0.0560. The molecule has 1 aliphatic rings. The van der Waals surface area contributed by atoms with Gasteiger partial charge in [-0.2, -0.15) is 13.2 Å². The molecule has 1 N–H and O–H groups in total. The van der Waals surface area contributed by atoms with Crippen LogP contribution in [0, 0.1) is 0 Å². The van der Waals surface area contributed by atoms with Gasteiger partial charge in [-0.15, -0.1) is 0 Å². The van der Waals surface area contributed by atoms with Gasteiger partial charge in [0.15, 0.2) is 0 Å². The maximum atomic E-state index is 12.3. The molecule has 0 unspecified atom stereocenters. The van der Waals surface area contributed by atoms with Crippen molar-refractivity contribution in [3.8, 4) is 0 Å². The first-order valence-corrected chi connectivity index (χ1v) is 5.82. The Labute approximate surface area is 104 Å². The van der Waals surface area contributed by atoms with Gasteiger partial charge in [-0.3, -0.25) is 4.79 Å². The molecule has 0 heterocycles. The smallest absolute Gasteiger partial charge is 0.395 e. The predicted molar refractivity (Wildman–Crippen MR) is 57.9 cm³/mol. The highest BCUT2D eigenvalue weighted by Gasteiger charge is 2.41. The highest BCUT2D eigenvalue weighted by Crippen LogP contribution is 2.38. The van der Waals surface area contributed by atoms with Crippen LogP contribution in [0.2, 0.25) is 0 Å². The van der Waals surface area contributed by atoms with Crippen molar-refractivity contribution in [3.05, 3.63) is 0 Å². The number of nitrogens with zero attached hydrogens (tertiary/aromatic N) is 1. The summed E-state index contributed by atoms with van der Waals surface area (Å²) in [5, 5.41) is 8.72. The number of aliphatic hydroxyl groups excluding tert-OH is 1. The lowest BCUT2D eigenvalue weighted by Gasteiger charge is -2.41. The Balaban J connectivity index is 2.59. The molecule has 1 saturated carbocycles. The molecule has 1 fully saturated rings. The van der Waals surface area contributed by atoms with E-state index < -0.39 is 30.8 Å². The Kier molecular flexibility index (Phi) is 4.98. The van der Waals surface area contributed by atoms with E-state index in [1.165, 1.54) is 7.11 Å². The third-order valence-electron chi connectivity index (χ3n) is 3.26. The second-order valence-corrected chi connectivity index (χ2v) is 4.57. The molecule has 106 valence electrons. The van der Waals surface area contributed by atoms with Gasteiger partial charge in [0.2, 0.25) is 5.91 Å². The highest BCUT2D eigenvalue weighted by atomic mass is 19.4. The van der Waals surface area contributed by atoms with E-state index in [-0.39, 0.29) is 13.0 Å². The molecular formula is C11H18F3NO3. The van der Waals surface area contributed by atoms with E-state index in [4.69, 9.17) is 9.84 Å². The zero-order chi connectivity index (χ0) is 13.8. The Morgan fingerprint density at radius 2 is 2.06 bits per heavy atom. The molecule has 1 aliphatic carbocycles. The van der Waals surface area contributed by atoms with Gasteiger partial charge in [-0.1, -0.05) is 0 Å². The van der Waals surface area contributed by atoms with Crippen LogP contribution in [-0.4, -0.2) is 54.5 Å². The lowest BCUT2D eigenvalue weighted by atomic mass is 9.77. The number of aliphatic hydroxyl groups is 1. The van der Waals surface area contributed by atoms with Gasteiger partial charge < -0.3 is 14.7 Å². The number of halogens is 3. The van der Waals surface area contributed by atoms with Crippen LogP contribution in [0.3, 0.4) is 0 Å². The average molecular weight is 269 g/mol. The maximum absolute atomic E-state index is 12.3. The van der Waals surface area contributed by atoms with Gasteiger partial charge in [-0.25, -0.2) is 0 Å². The molecule has 1 rings (SSSR count). The summed E-state index contributed by atoms with van der Waals surface area (Å²) < 4.78 is 42.1. The number of hydrogen-bond donors (Lipinski definition) is 1. The molecule has 0 spiro atoms. The van der Waals surface area contributed by atoms with Crippen molar-refractivity contribution in [1.82, 2.24) is 4.90 Å². The summed E-state index contributed by atoms with van der Waals surface area (Å²) in [5.74, 6) is -0.622. The predicted octanol–water partition coefficient (Wildman–Crippen LogP) is 1.33. The molecule has 0 aliphatic heterocycles. The van der Waals surface area contributed by atoms with Crippen LogP contribution in [0.5, 0.6) is 0 Å². The normalized spacial score (nSPS) is 18.3. The monoisotopic (exact) mass is 269 g/mol. The fraction of sp³-hybridized carbons (Fsp3) is 0.909. The second kappa shape index (κ2) is 5.88. The number of rotatable bonds is 6. The van der Waals surface area contributed by atoms with Crippen LogP contribution in [-0.2, 0) is 9.53 Å². The van der Waals surface area contributed by atoms with Crippen LogP contribution >= 0.6 is 0 Å². The summed E-state index contributed by atoms with van der Waals surface area (Å²) in [5.41, 5.74) is -0.601. The topological polar surface area (TPSA) is 49.8 Å². The number of hydrogen-bond acceptors (Lipinski definition) is 3. The second-order valence-electron chi connectivity index (χ2n) is 4.57. The van der Waals surface area contributed by atoms with E-state index in [0.717, 1.165) is 6.42 Å². The summed E-state index contributed by atoms with van der Waals surface area (Å²) in [6, 6.07) is 0. The zero-order valence-corrected chi connectivity index (χ0v) is 10.3. The van der Waals surface area contributed by atoms with Gasteiger partial charge in [0.1, 0.15) is 6.54 Å². The van der Waals surface area contributed by atoms with Crippen LogP contribution in [0.1, 0.15) is 25.7 Å². The number of alkyl halides is 3. The maximum Gasteiger partial charge on any atom is 0.406 e. The molecule has 0 bridgehead atoms. The first-order valence-electron chi connectivity index (χ1n) is 5.82. The average Bonchev–Trinajstić information content (AvgIpc) is 2.20. The Hall–Kier alpha value is -0.820. The molecule has 0 aromatic carbocycles. The molecule has 0 atom stereocenters. The van der Waals surface area contributed by atoms with Gasteiger partial charge in [0, 0.05) is 13.7 Å². The van der Waals surface area contributed by atoms with E-state index in [0.29, 0.717) is 17.7 Å². The van der Waals surface area contributed by atoms with Crippen LogP contribution in [0.25, 0.3) is 0 Å². The minimum atomic E-state index is -4.45. The van der Waals surface area contributed by atoms with E-state index in [1.807, 2.05) is 0 Å². The number of amides is 1. The summed E-state index contributed by atoms with van der Waals surface area (Å²) in [6.45, 7) is -2.12. The first-order chi connectivity index (χ1) is 8.32. The van der Waals surface area contributed by atoms with Gasteiger partial charge in [0.25, 0.3) is 0 Å². The molecule has 1 amide bonds. The lowest BCUT2D eigenvalue weighted by molar-refractivity contribution is -0.168. The van der Waals surface area contributed by atoms with E-state index in [2.05, 4.69) is 0 Å². The van der Waals surface area contributed by atoms with Crippen molar-refractivity contribution in [2.24, 2.45) is 0 Å². The Morgan fingerprint density at radius 1 is 1.44 bits per heavy atom. The lowest BCUT2D eigenvalue weighted by Crippen LogP contribution is -2.47. The molecule has 0 radical (unpaired) electrons. The van der Waals surface area contributed by atoms with Crippen LogP contribution in [0.4, 0.5) is 13.2 Å². The van der Waals surface area contributed by atoms with E-state index >= 15 is 0 Å². The zero-order valence-electron chi connectivity index (χ0n) is 10.3. The number of carbonyl (C=O) groups excluding carboxylic acids is 1. The van der Waals surface area contributed by atoms with Gasteiger partial charge in [-0.05, 0) is 19.3 Å². The number of methoxy groups -OCH3 is 1. The van der Waals surface area contributed by atoms with Crippen LogP contribution in [0.15, 0.2) is 0 Å². The van der Waals surface area contributed by atoms with Crippen molar-refractivity contribution in [3.63, 3.8) is 0 Å². The summed E-state index contributed by atoms with van der Waals surface area (Å²) in [7, 11) is 1.46. The summed E-state index contributed by atoms with van der Waals surface area (Å²) in [6.07, 6.45) is -2.22. The third kappa shape index (κ3) is 4.13. The number of ether oxygens (including phenoxy) is 1. The summed E-state index contributed by atoms with van der Waals surface area (Å²) in [4.78, 5) is 12.5. The first kappa shape index (κ1) is 15.2. The highest BCUT2D eigenvalue weighted by molar-refractivity contribution is 5.77. The molecule has 0 aromatic heterocycles. The van der Waals surface area contributed by atoms with Gasteiger partial charge >= 0.3 is 6.18 Å². The standard InChI is InChI=1S/C11H18F3NO3/c1-18-10(3-2-4-10)7-9(17)15(5-6-16)8-11(12,13)14/h16H,2-8H2,1H3. The largest absolute Gasteiger partial charge is 0.406 e. The van der Waals surface area contributed by atoms with Crippen molar-refractivity contribution >= 4 is 5.91 Å². The molecule has 7 heteroatoms. The van der Waals surface area contributed by atoms with E-state index in [1.54, 1.807) is 0 Å². The van der Waals surface area contributed by atoms with Crippen molar-refractivity contribution < 1.29 is 27.8 Å². The molecule has 0 saturated heterocycles. The SMILES string of the molecule is COC1(CC(=O)N(CCO)CC(F)(F)F)CCC1. The molecule has 4 nitrogen and oxygen atoms in total. The van der Waals surface area contributed by atoms with Crippen molar-refractivity contribution in [2.75, 3.05) is 26.8 Å². The van der Waals surface area contributed by atoms with Crippen LogP contribution < -0.4 is 0 Å². The summed E-state index contributed by atoms with van der Waals surface area (Å²) >= 11 is 0. The van der Waals surface area contributed by atoms with E-state index in [9.17, 15) is 18.0 Å². The molecular weight excluding hydrogens is 251 g/mol. The Morgan fingerprint density at radius 3 is 2.39 bits per heavy atom. The third-order valence-corrected chi connectivity index (χ3v) is 3.26. The number of carbonyl (C=O) groups is 1. The molecule has 0 aromatic rings. The fourth-order valence-corrected chi connectivity index (χ4v) is 2.04. The minimum Gasteiger partial charge on any atom is -0.395 e.